The van der Waals surface area contributed by atoms with E-state index in [-0.39, 0.29) is 5.75 Å². The van der Waals surface area contributed by atoms with Gasteiger partial charge < -0.3 is 15.2 Å². The first kappa shape index (κ1) is 15.3. The second-order valence-electron chi connectivity index (χ2n) is 3.58. The van der Waals surface area contributed by atoms with Crippen molar-refractivity contribution in [2.75, 3.05) is 19.5 Å². The Kier molecular flexibility index (Phi) is 6.14. The van der Waals surface area contributed by atoms with Crippen molar-refractivity contribution in [3.05, 3.63) is 24.3 Å². The van der Waals surface area contributed by atoms with Crippen molar-refractivity contribution in [1.29, 1.82) is 0 Å². The second-order valence-corrected chi connectivity index (χ2v) is 4.63. The molecule has 0 aliphatic carbocycles. The number of hydrogen-bond acceptors (Lipinski definition) is 4. The van der Waals surface area contributed by atoms with Gasteiger partial charge >= 0.3 is 5.97 Å². The topological polar surface area (TPSA) is 75.6 Å². The summed E-state index contributed by atoms with van der Waals surface area (Å²) in [4.78, 5) is 22.8. The van der Waals surface area contributed by atoms with Crippen molar-refractivity contribution in [3.63, 3.8) is 0 Å². The molecule has 0 heterocycles. The number of benzene rings is 1. The minimum atomic E-state index is -1.49. The van der Waals surface area contributed by atoms with E-state index in [4.69, 9.17) is 9.84 Å². The molecule has 1 atom stereocenters. The highest BCUT2D eigenvalue weighted by Gasteiger charge is 2.19. The van der Waals surface area contributed by atoms with Crippen LogP contribution in [0.15, 0.2) is 29.2 Å². The Balaban J connectivity index is 2.47. The third-order valence-corrected chi connectivity index (χ3v) is 3.19. The van der Waals surface area contributed by atoms with Crippen LogP contribution in [-0.4, -0.2) is 42.6 Å². The summed E-state index contributed by atoms with van der Waals surface area (Å²) < 4.78 is 17.3. The zero-order valence-corrected chi connectivity index (χ0v) is 11.1. The summed E-state index contributed by atoms with van der Waals surface area (Å²) in [6.45, 7) is -1.13. The number of amides is 1. The van der Waals surface area contributed by atoms with Crippen LogP contribution in [-0.2, 0) is 9.59 Å². The van der Waals surface area contributed by atoms with Gasteiger partial charge in [0.1, 0.15) is 12.4 Å². The number of alkyl halides is 1. The summed E-state index contributed by atoms with van der Waals surface area (Å²) >= 11 is 1.21. The number of halogens is 1. The summed E-state index contributed by atoms with van der Waals surface area (Å²) in [6, 6.07) is 5.61. The van der Waals surface area contributed by atoms with Crippen molar-refractivity contribution in [2.24, 2.45) is 0 Å². The average Bonchev–Trinajstić information content (AvgIpc) is 2.42. The fraction of sp³-hybridized carbons (Fsp3) is 0.333. The lowest BCUT2D eigenvalue weighted by atomic mass is 10.3. The number of nitrogens with one attached hydrogen (secondary N) is 1. The molecule has 1 aromatic carbocycles. The van der Waals surface area contributed by atoms with Crippen molar-refractivity contribution in [2.45, 2.75) is 10.9 Å². The Bertz CT molecular complexity index is 455. The van der Waals surface area contributed by atoms with E-state index < -0.39 is 24.6 Å². The van der Waals surface area contributed by atoms with Gasteiger partial charge in [-0.3, -0.25) is 4.79 Å². The number of aliphatic carboxylic acids is 1. The average molecular weight is 287 g/mol. The largest absolute Gasteiger partial charge is 0.497 e. The molecule has 0 aliphatic heterocycles. The zero-order valence-electron chi connectivity index (χ0n) is 10.3. The number of carboxylic acids is 1. The lowest BCUT2D eigenvalue weighted by Crippen LogP contribution is -2.43. The van der Waals surface area contributed by atoms with E-state index in [1.54, 1.807) is 24.3 Å². The summed E-state index contributed by atoms with van der Waals surface area (Å²) in [7, 11) is 1.54. The lowest BCUT2D eigenvalue weighted by molar-refractivity contribution is -0.141. The van der Waals surface area contributed by atoms with Crippen LogP contribution in [0.1, 0.15) is 0 Å². The quantitative estimate of drug-likeness (QED) is 0.740. The van der Waals surface area contributed by atoms with Gasteiger partial charge in [0.25, 0.3) is 0 Å². The zero-order chi connectivity index (χ0) is 14.3. The first-order chi connectivity index (χ1) is 9.06. The molecule has 0 spiro atoms. The summed E-state index contributed by atoms with van der Waals surface area (Å²) in [6.07, 6.45) is 0. The van der Waals surface area contributed by atoms with Crippen molar-refractivity contribution < 1.29 is 23.8 Å². The van der Waals surface area contributed by atoms with Gasteiger partial charge in [-0.05, 0) is 18.2 Å². The molecular formula is C12H14FNO4S. The summed E-state index contributed by atoms with van der Waals surface area (Å²) in [5.74, 6) is -1.24. The van der Waals surface area contributed by atoms with Gasteiger partial charge in [-0.15, -0.1) is 11.8 Å². The minimum Gasteiger partial charge on any atom is -0.497 e. The van der Waals surface area contributed by atoms with Gasteiger partial charge in [-0.25, -0.2) is 9.18 Å². The number of hydrogen-bond donors (Lipinski definition) is 2. The molecule has 0 aromatic heterocycles. The number of carbonyl (C=O) groups is 2. The Morgan fingerprint density at radius 2 is 2.26 bits per heavy atom. The van der Waals surface area contributed by atoms with Gasteiger partial charge in [0.05, 0.1) is 12.9 Å². The van der Waals surface area contributed by atoms with E-state index in [1.165, 1.54) is 18.9 Å². The maximum atomic E-state index is 12.3. The smallest absolute Gasteiger partial charge is 0.328 e. The van der Waals surface area contributed by atoms with Crippen LogP contribution >= 0.6 is 11.8 Å². The van der Waals surface area contributed by atoms with Crippen LogP contribution in [0.4, 0.5) is 4.39 Å². The predicted molar refractivity (Wildman–Crippen MR) is 69.3 cm³/mol. The Hall–Kier alpha value is -1.76. The lowest BCUT2D eigenvalue weighted by Gasteiger charge is -2.10. The standard InChI is InChI=1S/C12H14FNO4S/c1-18-8-3-2-4-9(5-8)19-7-11(15)14-10(6-13)12(16)17/h2-5,10H,6-7H2,1H3,(H,14,15)(H,16,17). The fourth-order valence-corrected chi connectivity index (χ4v) is 2.00. The Labute approximate surface area is 114 Å². The van der Waals surface area contributed by atoms with E-state index in [2.05, 4.69) is 5.32 Å². The fourth-order valence-electron chi connectivity index (χ4n) is 1.24. The van der Waals surface area contributed by atoms with Crippen LogP contribution in [0.2, 0.25) is 0 Å². The van der Waals surface area contributed by atoms with Crippen molar-refractivity contribution in [1.82, 2.24) is 5.32 Å². The maximum absolute atomic E-state index is 12.3. The molecule has 0 fully saturated rings. The first-order valence-corrected chi connectivity index (χ1v) is 6.40. The van der Waals surface area contributed by atoms with Crippen LogP contribution < -0.4 is 10.1 Å². The van der Waals surface area contributed by atoms with Gasteiger partial charge in [0, 0.05) is 4.90 Å². The SMILES string of the molecule is COc1cccc(SCC(=O)NC(CF)C(=O)O)c1. The van der Waals surface area contributed by atoms with E-state index in [0.717, 1.165) is 4.90 Å². The van der Waals surface area contributed by atoms with Crippen molar-refractivity contribution >= 4 is 23.6 Å². The van der Waals surface area contributed by atoms with E-state index in [1.807, 2.05) is 0 Å². The third-order valence-electron chi connectivity index (χ3n) is 2.20. The van der Waals surface area contributed by atoms with Crippen LogP contribution in [0, 0.1) is 0 Å². The number of methoxy groups -OCH3 is 1. The molecule has 5 nitrogen and oxygen atoms in total. The van der Waals surface area contributed by atoms with Gasteiger partial charge in [0.2, 0.25) is 5.91 Å². The molecule has 0 aliphatic rings. The molecule has 2 N–H and O–H groups in total. The minimum absolute atomic E-state index is 0.0109. The van der Waals surface area contributed by atoms with Crippen LogP contribution in [0.25, 0.3) is 0 Å². The monoisotopic (exact) mass is 287 g/mol. The Morgan fingerprint density at radius 1 is 1.53 bits per heavy atom. The highest BCUT2D eigenvalue weighted by atomic mass is 32.2. The molecule has 0 saturated carbocycles. The summed E-state index contributed by atoms with van der Waals surface area (Å²) in [5.41, 5.74) is 0. The van der Waals surface area contributed by atoms with Crippen molar-refractivity contribution in [3.8, 4) is 5.75 Å². The molecule has 1 aromatic rings. The molecular weight excluding hydrogens is 273 g/mol. The third kappa shape index (κ3) is 5.17. The molecule has 0 saturated heterocycles. The molecule has 0 bridgehead atoms. The molecule has 19 heavy (non-hydrogen) atoms. The number of thioether (sulfide) groups is 1. The molecule has 1 rings (SSSR count). The normalized spacial score (nSPS) is 11.7. The molecule has 7 heteroatoms. The second kappa shape index (κ2) is 7.63. The van der Waals surface area contributed by atoms with Gasteiger partial charge in [-0.1, -0.05) is 6.07 Å². The van der Waals surface area contributed by atoms with Gasteiger partial charge in [-0.2, -0.15) is 0 Å². The number of rotatable bonds is 7. The molecule has 1 amide bonds. The van der Waals surface area contributed by atoms with E-state index in [0.29, 0.717) is 5.75 Å². The number of carboxylic acid groups (broad SMARTS) is 1. The van der Waals surface area contributed by atoms with Crippen LogP contribution in [0.5, 0.6) is 5.75 Å². The van der Waals surface area contributed by atoms with Crippen LogP contribution in [0.3, 0.4) is 0 Å². The number of carbonyl (C=O) groups excluding carboxylic acids is 1. The summed E-state index contributed by atoms with van der Waals surface area (Å²) in [5, 5.41) is 10.7. The van der Waals surface area contributed by atoms with Gasteiger partial charge in [0.15, 0.2) is 6.04 Å². The maximum Gasteiger partial charge on any atom is 0.328 e. The first-order valence-electron chi connectivity index (χ1n) is 5.41. The van der Waals surface area contributed by atoms with E-state index in [9.17, 15) is 14.0 Å². The number of ether oxygens (including phenoxy) is 1. The molecule has 1 unspecified atom stereocenters. The molecule has 0 radical (unpaired) electrons. The Morgan fingerprint density at radius 3 is 2.84 bits per heavy atom. The highest BCUT2D eigenvalue weighted by molar-refractivity contribution is 8.00. The molecule has 104 valence electrons. The van der Waals surface area contributed by atoms with E-state index >= 15 is 0 Å². The highest BCUT2D eigenvalue weighted by Crippen LogP contribution is 2.22. The predicted octanol–water partition coefficient (Wildman–Crippen LogP) is 1.33.